The molecule has 0 N–H and O–H groups in total. The molecule has 0 bridgehead atoms. The maximum absolute atomic E-state index is 14.4. The molecule has 0 saturated carbocycles. The molecule has 162 valence electrons. The van der Waals surface area contributed by atoms with E-state index in [1.165, 1.54) is 17.4 Å². The summed E-state index contributed by atoms with van der Waals surface area (Å²) in [7, 11) is -2.04. The molecule has 2 rings (SSSR count). The number of halogens is 4. The predicted octanol–water partition coefficient (Wildman–Crippen LogP) is 8.57. The summed E-state index contributed by atoms with van der Waals surface area (Å²) in [6, 6.07) is 4.54. The summed E-state index contributed by atoms with van der Waals surface area (Å²) in [6.45, 7) is 15.7. The number of thiophene rings is 1. The average molecular weight is 447 g/mol. The van der Waals surface area contributed by atoms with Crippen molar-refractivity contribution in [2.24, 2.45) is 0 Å². The van der Waals surface area contributed by atoms with Crippen LogP contribution >= 0.6 is 11.3 Å². The number of rotatable bonds is 7. The Morgan fingerprint density at radius 2 is 1.52 bits per heavy atom. The third kappa shape index (κ3) is 4.94. The van der Waals surface area contributed by atoms with Crippen molar-refractivity contribution in [2.75, 3.05) is 0 Å². The Labute approximate surface area is 176 Å². The molecule has 0 saturated heterocycles. The Morgan fingerprint density at radius 1 is 0.966 bits per heavy atom. The number of aryl methyl sites for hydroxylation is 1. The molecule has 0 spiro atoms. The van der Waals surface area contributed by atoms with Gasteiger partial charge in [0, 0.05) is 15.3 Å². The highest BCUT2D eigenvalue weighted by Gasteiger charge is 2.45. The standard InChI is InChI=1S/C22H30F4OSSi/c1-13(2)29(14(3)4,15(5)6)27-12-21-16(7)10-20(28-21)18-9-8-17(11-19(18)23)22(24,25)26/h8-11,13-15H,12H2,1-7H3. The third-order valence-corrected chi connectivity index (χ3v) is 13.0. The van der Waals surface area contributed by atoms with E-state index in [2.05, 4.69) is 41.5 Å². The first-order valence-electron chi connectivity index (χ1n) is 9.91. The molecule has 1 nitrogen and oxygen atoms in total. The van der Waals surface area contributed by atoms with Crippen molar-refractivity contribution in [1.82, 2.24) is 0 Å². The zero-order valence-electron chi connectivity index (χ0n) is 18.1. The van der Waals surface area contributed by atoms with Crippen LogP contribution in [0.2, 0.25) is 16.6 Å². The van der Waals surface area contributed by atoms with Gasteiger partial charge in [-0.3, -0.25) is 0 Å². The topological polar surface area (TPSA) is 9.23 Å². The second-order valence-electron chi connectivity index (χ2n) is 8.52. The van der Waals surface area contributed by atoms with Crippen LogP contribution in [0.1, 0.15) is 57.5 Å². The lowest BCUT2D eigenvalue weighted by molar-refractivity contribution is -0.137. The molecule has 1 aromatic heterocycles. The quantitative estimate of drug-likeness (QED) is 0.306. The zero-order chi connectivity index (χ0) is 22.1. The molecule has 0 fully saturated rings. The first-order chi connectivity index (χ1) is 13.3. The lowest BCUT2D eigenvalue weighted by Gasteiger charge is -2.42. The van der Waals surface area contributed by atoms with Crippen molar-refractivity contribution in [3.63, 3.8) is 0 Å². The van der Waals surface area contributed by atoms with E-state index >= 15 is 0 Å². The normalized spacial score (nSPS) is 13.2. The molecule has 0 radical (unpaired) electrons. The minimum Gasteiger partial charge on any atom is -0.411 e. The molecule has 0 atom stereocenters. The number of hydrogen-bond acceptors (Lipinski definition) is 2. The van der Waals surface area contributed by atoms with E-state index in [1.807, 2.05) is 13.0 Å². The molecule has 0 unspecified atom stereocenters. The monoisotopic (exact) mass is 446 g/mol. The van der Waals surface area contributed by atoms with Crippen molar-refractivity contribution in [2.45, 2.75) is 77.9 Å². The number of hydrogen-bond donors (Lipinski definition) is 0. The second-order valence-corrected chi connectivity index (χ2v) is 15.1. The van der Waals surface area contributed by atoms with Gasteiger partial charge in [-0.05, 0) is 47.3 Å². The summed E-state index contributed by atoms with van der Waals surface area (Å²) in [5, 5.41) is 0. The van der Waals surface area contributed by atoms with Crippen LogP contribution in [0, 0.1) is 12.7 Å². The lowest BCUT2D eigenvalue weighted by Crippen LogP contribution is -2.47. The van der Waals surface area contributed by atoms with E-state index in [0.717, 1.165) is 16.5 Å². The van der Waals surface area contributed by atoms with Gasteiger partial charge in [0.05, 0.1) is 12.2 Å². The molecule has 0 aliphatic carbocycles. The van der Waals surface area contributed by atoms with E-state index < -0.39 is 25.9 Å². The van der Waals surface area contributed by atoms with E-state index in [4.69, 9.17) is 4.43 Å². The smallest absolute Gasteiger partial charge is 0.411 e. The lowest BCUT2D eigenvalue weighted by atomic mass is 10.1. The molecule has 1 heterocycles. The van der Waals surface area contributed by atoms with E-state index in [9.17, 15) is 17.6 Å². The molecular formula is C22H30F4OSSi. The number of alkyl halides is 3. The van der Waals surface area contributed by atoms with Gasteiger partial charge in [-0.2, -0.15) is 13.2 Å². The van der Waals surface area contributed by atoms with Gasteiger partial charge in [0.2, 0.25) is 8.32 Å². The van der Waals surface area contributed by atoms with E-state index in [1.54, 1.807) is 0 Å². The van der Waals surface area contributed by atoms with Crippen LogP contribution in [0.25, 0.3) is 10.4 Å². The summed E-state index contributed by atoms with van der Waals surface area (Å²) in [4.78, 5) is 1.62. The fourth-order valence-electron chi connectivity index (χ4n) is 4.38. The summed E-state index contributed by atoms with van der Waals surface area (Å²) >= 11 is 1.39. The van der Waals surface area contributed by atoms with Crippen molar-refractivity contribution in [3.05, 3.63) is 46.1 Å². The molecule has 0 amide bonds. The summed E-state index contributed by atoms with van der Waals surface area (Å²) in [6.07, 6.45) is -4.55. The first-order valence-corrected chi connectivity index (χ1v) is 12.9. The fourth-order valence-corrected chi connectivity index (χ4v) is 11.0. The van der Waals surface area contributed by atoms with Crippen LogP contribution in [-0.2, 0) is 17.2 Å². The van der Waals surface area contributed by atoms with Crippen LogP contribution in [0.4, 0.5) is 17.6 Å². The molecule has 1 aromatic carbocycles. The largest absolute Gasteiger partial charge is 0.416 e. The molecule has 0 aliphatic rings. The van der Waals surface area contributed by atoms with E-state index in [-0.39, 0.29) is 5.56 Å². The van der Waals surface area contributed by atoms with Crippen molar-refractivity contribution < 1.29 is 22.0 Å². The molecule has 7 heteroatoms. The number of benzene rings is 1. The average Bonchev–Trinajstić information content (AvgIpc) is 2.94. The van der Waals surface area contributed by atoms with Crippen LogP contribution in [0.3, 0.4) is 0 Å². The molecule has 2 aromatic rings. The highest BCUT2D eigenvalue weighted by Crippen LogP contribution is 2.44. The fraction of sp³-hybridized carbons (Fsp3) is 0.545. The molecule has 0 aliphatic heterocycles. The Kier molecular flexibility index (Phi) is 7.39. The second kappa shape index (κ2) is 8.90. The van der Waals surface area contributed by atoms with Crippen LogP contribution in [0.15, 0.2) is 24.3 Å². The molecular weight excluding hydrogens is 416 g/mol. The van der Waals surface area contributed by atoms with Crippen LogP contribution in [-0.4, -0.2) is 8.32 Å². The summed E-state index contributed by atoms with van der Waals surface area (Å²) in [5.74, 6) is -0.858. The van der Waals surface area contributed by atoms with Crippen molar-refractivity contribution >= 4 is 19.7 Å². The van der Waals surface area contributed by atoms with Gasteiger partial charge in [-0.15, -0.1) is 11.3 Å². The van der Waals surface area contributed by atoms with Gasteiger partial charge < -0.3 is 4.43 Å². The van der Waals surface area contributed by atoms with Gasteiger partial charge in [0.1, 0.15) is 5.82 Å². The van der Waals surface area contributed by atoms with Crippen LogP contribution in [0.5, 0.6) is 0 Å². The highest BCUT2D eigenvalue weighted by molar-refractivity contribution is 7.15. The van der Waals surface area contributed by atoms with E-state index in [0.29, 0.717) is 34.2 Å². The van der Waals surface area contributed by atoms with Gasteiger partial charge in [-0.1, -0.05) is 47.6 Å². The predicted molar refractivity (Wildman–Crippen MR) is 115 cm³/mol. The third-order valence-electron chi connectivity index (χ3n) is 5.74. The summed E-state index contributed by atoms with van der Waals surface area (Å²) in [5.41, 5.74) is 1.55. The summed E-state index contributed by atoms with van der Waals surface area (Å²) < 4.78 is 59.4. The maximum Gasteiger partial charge on any atom is 0.416 e. The Balaban J connectivity index is 2.32. The van der Waals surface area contributed by atoms with Gasteiger partial charge in [-0.25, -0.2) is 4.39 Å². The highest BCUT2D eigenvalue weighted by atomic mass is 32.1. The Bertz CT molecular complexity index is 818. The van der Waals surface area contributed by atoms with Gasteiger partial charge in [0.15, 0.2) is 0 Å². The van der Waals surface area contributed by atoms with Crippen molar-refractivity contribution in [1.29, 1.82) is 0 Å². The maximum atomic E-state index is 14.4. The minimum atomic E-state index is -4.55. The zero-order valence-corrected chi connectivity index (χ0v) is 19.9. The first kappa shape index (κ1) is 24.1. The van der Waals surface area contributed by atoms with Gasteiger partial charge in [0.25, 0.3) is 0 Å². The van der Waals surface area contributed by atoms with Crippen molar-refractivity contribution in [3.8, 4) is 10.4 Å². The van der Waals surface area contributed by atoms with Crippen LogP contribution < -0.4 is 0 Å². The van der Waals surface area contributed by atoms with Gasteiger partial charge >= 0.3 is 6.18 Å². The SMILES string of the molecule is Cc1cc(-c2ccc(C(F)(F)F)cc2F)sc1CO[Si](C(C)C)(C(C)C)C(C)C. The minimum absolute atomic E-state index is 0.192. The Morgan fingerprint density at radius 3 is 1.97 bits per heavy atom. The Hall–Kier alpha value is -1.18. The molecule has 29 heavy (non-hydrogen) atoms.